The van der Waals surface area contributed by atoms with Crippen LogP contribution < -0.4 is 0 Å². The highest BCUT2D eigenvalue weighted by Gasteiger charge is 2.80. The van der Waals surface area contributed by atoms with E-state index in [0.717, 1.165) is 0 Å². The fraction of sp³-hybridized carbons (Fsp3) is 0.773. The zero-order valence-corrected chi connectivity index (χ0v) is 17.6. The largest absolute Gasteiger partial charge is 0.461 e. The van der Waals surface area contributed by atoms with Crippen molar-refractivity contribution in [1.82, 2.24) is 0 Å². The number of carbonyl (C=O) groups excluding carboxylic acids is 1. The summed E-state index contributed by atoms with van der Waals surface area (Å²) in [5.74, 6) is -1.84. The van der Waals surface area contributed by atoms with Crippen molar-refractivity contribution in [2.45, 2.75) is 70.6 Å². The first kappa shape index (κ1) is 21.0. The average molecular weight is 408 g/mol. The van der Waals surface area contributed by atoms with Crippen LogP contribution in [0.15, 0.2) is 23.3 Å². The molecule has 0 aromatic carbocycles. The molecule has 2 bridgehead atoms. The van der Waals surface area contributed by atoms with Gasteiger partial charge in [0.25, 0.3) is 0 Å². The molecule has 9 atom stereocenters. The first-order valence-corrected chi connectivity index (χ1v) is 10.3. The van der Waals surface area contributed by atoms with Gasteiger partial charge >= 0.3 is 5.97 Å². The Bertz CT molecular complexity index is 816. The number of aliphatic hydroxyl groups excluding tert-OH is 3. The predicted octanol–water partition coefficient (Wildman–Crippen LogP) is 0.293. The highest BCUT2D eigenvalue weighted by atomic mass is 16.5. The molecule has 7 nitrogen and oxygen atoms in total. The van der Waals surface area contributed by atoms with Crippen LogP contribution in [0.25, 0.3) is 0 Å². The van der Waals surface area contributed by atoms with E-state index in [1.54, 1.807) is 19.1 Å². The summed E-state index contributed by atoms with van der Waals surface area (Å²) in [7, 11) is 0. The minimum Gasteiger partial charge on any atom is -0.461 e. The molecule has 0 heterocycles. The second-order valence-electron chi connectivity index (χ2n) is 10.2. The van der Waals surface area contributed by atoms with Crippen LogP contribution in [-0.4, -0.2) is 67.6 Å². The van der Waals surface area contributed by atoms with Crippen LogP contribution in [-0.2, 0) is 9.53 Å². The molecule has 4 aliphatic carbocycles. The topological polar surface area (TPSA) is 127 Å². The Hall–Kier alpha value is -1.25. The molecule has 0 amide bonds. The van der Waals surface area contributed by atoms with E-state index in [-0.39, 0.29) is 18.1 Å². The third-order valence-electron chi connectivity index (χ3n) is 8.62. The molecule has 0 aromatic rings. The van der Waals surface area contributed by atoms with E-state index in [9.17, 15) is 30.3 Å². The molecule has 29 heavy (non-hydrogen) atoms. The van der Waals surface area contributed by atoms with E-state index in [0.29, 0.717) is 12.0 Å². The standard InChI is InChI=1S/C22H32O7/c1-10-7-20-11(2)8-21(27)15(19(21,4)5)14(18(20)26)6-13(9-29-12(3)23)17(25)22(20,28)16(10)24/h6-7,11,14-18,24-28H,8-9H2,1-5H3/t11-,14+,15-,16+,17-,18?,20+,21+,22-/m1/s1. The van der Waals surface area contributed by atoms with Crippen molar-refractivity contribution >= 4 is 5.97 Å². The van der Waals surface area contributed by atoms with E-state index in [4.69, 9.17) is 4.74 Å². The summed E-state index contributed by atoms with van der Waals surface area (Å²) >= 11 is 0. The molecule has 0 aliphatic heterocycles. The molecule has 2 saturated carbocycles. The van der Waals surface area contributed by atoms with Gasteiger partial charge in [-0.25, -0.2) is 0 Å². The molecule has 4 aliphatic rings. The van der Waals surface area contributed by atoms with Crippen LogP contribution >= 0.6 is 0 Å². The Balaban J connectivity index is 1.94. The minimum atomic E-state index is -2.10. The van der Waals surface area contributed by atoms with Crippen LogP contribution in [0.4, 0.5) is 0 Å². The summed E-state index contributed by atoms with van der Waals surface area (Å²) in [6.45, 7) is 8.39. The lowest BCUT2D eigenvalue weighted by molar-refractivity contribution is -0.216. The van der Waals surface area contributed by atoms with Gasteiger partial charge in [-0.15, -0.1) is 0 Å². The van der Waals surface area contributed by atoms with Crippen molar-refractivity contribution in [2.24, 2.45) is 28.6 Å². The quantitative estimate of drug-likeness (QED) is 0.328. The first-order valence-electron chi connectivity index (χ1n) is 10.3. The van der Waals surface area contributed by atoms with E-state index in [1.807, 2.05) is 20.8 Å². The van der Waals surface area contributed by atoms with Gasteiger partial charge in [-0.2, -0.15) is 0 Å². The van der Waals surface area contributed by atoms with Crippen molar-refractivity contribution < 1.29 is 35.1 Å². The second-order valence-corrected chi connectivity index (χ2v) is 10.2. The van der Waals surface area contributed by atoms with Gasteiger partial charge in [0.15, 0.2) is 0 Å². The number of fused-ring (bicyclic) bond motifs is 3. The van der Waals surface area contributed by atoms with Gasteiger partial charge in [-0.05, 0) is 30.4 Å². The highest BCUT2D eigenvalue weighted by molar-refractivity contribution is 5.66. The summed E-state index contributed by atoms with van der Waals surface area (Å²) < 4.78 is 5.11. The molecule has 0 aromatic heterocycles. The van der Waals surface area contributed by atoms with Crippen LogP contribution in [0.5, 0.6) is 0 Å². The van der Waals surface area contributed by atoms with Gasteiger partial charge < -0.3 is 30.3 Å². The van der Waals surface area contributed by atoms with Crippen LogP contribution in [0.2, 0.25) is 0 Å². The fourth-order valence-electron chi connectivity index (χ4n) is 7.01. The monoisotopic (exact) mass is 408 g/mol. The molecule has 162 valence electrons. The summed E-state index contributed by atoms with van der Waals surface area (Å²) in [6, 6.07) is 0. The van der Waals surface area contributed by atoms with Gasteiger partial charge in [0.1, 0.15) is 24.4 Å². The summed E-state index contributed by atoms with van der Waals surface area (Å²) in [5.41, 5.74) is -4.26. The van der Waals surface area contributed by atoms with Crippen molar-refractivity contribution in [3.05, 3.63) is 23.3 Å². The smallest absolute Gasteiger partial charge is 0.302 e. The molecular weight excluding hydrogens is 376 g/mol. The lowest BCUT2D eigenvalue weighted by Gasteiger charge is -2.51. The molecule has 0 saturated heterocycles. The maximum atomic E-state index is 11.8. The number of aliphatic hydroxyl groups is 5. The Morgan fingerprint density at radius 3 is 2.41 bits per heavy atom. The van der Waals surface area contributed by atoms with E-state index >= 15 is 0 Å². The first-order chi connectivity index (χ1) is 13.3. The minimum absolute atomic E-state index is 0.231. The average Bonchev–Trinajstić information content (AvgIpc) is 3.00. The van der Waals surface area contributed by atoms with Crippen molar-refractivity contribution in [1.29, 1.82) is 0 Å². The number of hydrogen-bond donors (Lipinski definition) is 5. The van der Waals surface area contributed by atoms with Crippen molar-refractivity contribution in [3.8, 4) is 0 Å². The maximum Gasteiger partial charge on any atom is 0.302 e. The molecule has 4 rings (SSSR count). The molecule has 1 unspecified atom stereocenters. The normalized spacial score (nSPS) is 52.3. The van der Waals surface area contributed by atoms with Gasteiger partial charge in [0.2, 0.25) is 0 Å². The van der Waals surface area contributed by atoms with Crippen LogP contribution in [0.1, 0.15) is 41.0 Å². The number of hydrogen-bond acceptors (Lipinski definition) is 7. The second kappa shape index (κ2) is 5.92. The Kier molecular flexibility index (Phi) is 4.28. The third-order valence-corrected chi connectivity index (χ3v) is 8.62. The van der Waals surface area contributed by atoms with Gasteiger partial charge in [-0.1, -0.05) is 32.9 Å². The fourth-order valence-corrected chi connectivity index (χ4v) is 7.01. The molecule has 7 heteroatoms. The number of esters is 1. The number of ether oxygens (including phenoxy) is 1. The molecule has 2 fully saturated rings. The van der Waals surface area contributed by atoms with Crippen LogP contribution in [0, 0.1) is 28.6 Å². The van der Waals surface area contributed by atoms with Gasteiger partial charge in [0.05, 0.1) is 17.1 Å². The molecular formula is C22H32O7. The van der Waals surface area contributed by atoms with E-state index < -0.39 is 58.1 Å². The number of carbonyl (C=O) groups is 1. The third kappa shape index (κ3) is 2.23. The van der Waals surface area contributed by atoms with E-state index in [1.165, 1.54) is 6.92 Å². The summed E-state index contributed by atoms with van der Waals surface area (Å²) in [6.07, 6.45) is -0.412. The van der Waals surface area contributed by atoms with Crippen molar-refractivity contribution in [2.75, 3.05) is 6.61 Å². The van der Waals surface area contributed by atoms with E-state index in [2.05, 4.69) is 0 Å². The maximum absolute atomic E-state index is 11.8. The molecule has 0 radical (unpaired) electrons. The Morgan fingerprint density at radius 1 is 1.21 bits per heavy atom. The van der Waals surface area contributed by atoms with Gasteiger partial charge in [-0.3, -0.25) is 4.79 Å². The Labute approximate surface area is 170 Å². The van der Waals surface area contributed by atoms with Crippen molar-refractivity contribution in [3.63, 3.8) is 0 Å². The highest BCUT2D eigenvalue weighted by Crippen LogP contribution is 2.74. The Morgan fingerprint density at radius 2 is 1.83 bits per heavy atom. The lowest BCUT2D eigenvalue weighted by atomic mass is 9.58. The SMILES string of the molecule is CC(=O)OCC1=C[C@@H]2C(O)[C@]3(C=C(C)[C@H](O)[C@@]3(O)[C@@H]1O)[C@H](C)C[C@]1(O)[C@H]2C1(C)C. The lowest BCUT2D eigenvalue weighted by Crippen LogP contribution is -2.66. The van der Waals surface area contributed by atoms with Crippen LogP contribution in [0.3, 0.4) is 0 Å². The summed E-state index contributed by atoms with van der Waals surface area (Å²) in [4.78, 5) is 11.4. The van der Waals surface area contributed by atoms with Gasteiger partial charge in [0, 0.05) is 24.2 Å². The molecule has 5 N–H and O–H groups in total. The zero-order chi connectivity index (χ0) is 21.7. The summed E-state index contributed by atoms with van der Waals surface area (Å²) in [5, 5.41) is 57.1. The molecule has 1 spiro atoms. The zero-order valence-electron chi connectivity index (χ0n) is 17.6. The number of rotatable bonds is 2. The predicted molar refractivity (Wildman–Crippen MR) is 103 cm³/mol.